The summed E-state index contributed by atoms with van der Waals surface area (Å²) < 4.78 is 1.90. The third kappa shape index (κ3) is 3.37. The van der Waals surface area contributed by atoms with Gasteiger partial charge >= 0.3 is 0 Å². The van der Waals surface area contributed by atoms with E-state index in [-0.39, 0.29) is 18.1 Å². The molecular weight excluding hydrogens is 292 g/mol. The number of imidazole rings is 1. The maximum Gasteiger partial charge on any atom is 0.247 e. The number of phenolic OH excluding ortho intramolecular Hbond substituents is 1. The lowest BCUT2D eigenvalue weighted by atomic mass is 10.2. The Morgan fingerprint density at radius 3 is 2.74 bits per heavy atom. The quantitative estimate of drug-likeness (QED) is 0.571. The lowest BCUT2D eigenvalue weighted by Crippen LogP contribution is -2.21. The van der Waals surface area contributed by atoms with Crippen LogP contribution in [0.25, 0.3) is 11.0 Å². The van der Waals surface area contributed by atoms with Crippen molar-refractivity contribution in [2.45, 2.75) is 6.42 Å². The van der Waals surface area contributed by atoms with E-state index in [1.54, 1.807) is 24.3 Å². The van der Waals surface area contributed by atoms with Crippen molar-refractivity contribution in [1.29, 1.82) is 0 Å². The lowest BCUT2D eigenvalue weighted by Gasteiger charge is -2.01. The summed E-state index contributed by atoms with van der Waals surface area (Å²) in [4.78, 5) is 16.4. The van der Waals surface area contributed by atoms with Gasteiger partial charge in [0.15, 0.2) is 0 Å². The van der Waals surface area contributed by atoms with E-state index in [2.05, 4.69) is 15.5 Å². The van der Waals surface area contributed by atoms with Crippen molar-refractivity contribution in [2.24, 2.45) is 12.1 Å². The molecule has 1 heterocycles. The minimum Gasteiger partial charge on any atom is -0.508 e. The summed E-state index contributed by atoms with van der Waals surface area (Å²) in [6.45, 7) is 0. The van der Waals surface area contributed by atoms with Gasteiger partial charge in [0, 0.05) is 7.05 Å². The molecule has 0 aliphatic heterocycles. The third-order valence-corrected chi connectivity index (χ3v) is 3.49. The van der Waals surface area contributed by atoms with Crippen LogP contribution in [0.3, 0.4) is 0 Å². The van der Waals surface area contributed by atoms with Gasteiger partial charge in [-0.2, -0.15) is 5.10 Å². The average Bonchev–Trinajstić information content (AvgIpc) is 2.86. The molecule has 0 aliphatic carbocycles. The SMILES string of the molecule is Cn1c(CC(=O)N/N=C/c2ccc(O)cc2)nc2ccccc21. The summed E-state index contributed by atoms with van der Waals surface area (Å²) in [5, 5.41) is 13.1. The number of hydrogen-bond donors (Lipinski definition) is 2. The molecule has 0 saturated carbocycles. The fourth-order valence-electron chi connectivity index (χ4n) is 2.28. The summed E-state index contributed by atoms with van der Waals surface area (Å²) in [7, 11) is 1.89. The summed E-state index contributed by atoms with van der Waals surface area (Å²) in [5.41, 5.74) is 5.12. The predicted molar refractivity (Wildman–Crippen MR) is 88.3 cm³/mol. The number of phenols is 1. The molecule has 116 valence electrons. The largest absolute Gasteiger partial charge is 0.508 e. The molecule has 6 nitrogen and oxygen atoms in total. The van der Waals surface area contributed by atoms with Gasteiger partial charge in [0.05, 0.1) is 23.7 Å². The van der Waals surface area contributed by atoms with Crippen LogP contribution in [0, 0.1) is 0 Å². The highest BCUT2D eigenvalue weighted by atomic mass is 16.3. The molecule has 1 amide bonds. The van der Waals surface area contributed by atoms with Crippen molar-refractivity contribution >= 4 is 23.2 Å². The molecule has 0 aliphatic rings. The lowest BCUT2D eigenvalue weighted by molar-refractivity contribution is -0.120. The van der Waals surface area contributed by atoms with Crippen molar-refractivity contribution < 1.29 is 9.90 Å². The summed E-state index contributed by atoms with van der Waals surface area (Å²) in [6, 6.07) is 14.3. The number of hydrogen-bond acceptors (Lipinski definition) is 4. The zero-order valence-electron chi connectivity index (χ0n) is 12.6. The van der Waals surface area contributed by atoms with Gasteiger partial charge in [0.25, 0.3) is 0 Å². The number of nitrogens with zero attached hydrogens (tertiary/aromatic N) is 3. The van der Waals surface area contributed by atoms with E-state index < -0.39 is 0 Å². The summed E-state index contributed by atoms with van der Waals surface area (Å²) in [5.74, 6) is 0.634. The molecule has 2 aromatic carbocycles. The van der Waals surface area contributed by atoms with E-state index in [0.29, 0.717) is 5.82 Å². The van der Waals surface area contributed by atoms with E-state index in [4.69, 9.17) is 0 Å². The number of rotatable bonds is 4. The van der Waals surface area contributed by atoms with Crippen LogP contribution in [0.15, 0.2) is 53.6 Å². The zero-order chi connectivity index (χ0) is 16.2. The Morgan fingerprint density at radius 1 is 1.26 bits per heavy atom. The first-order valence-corrected chi connectivity index (χ1v) is 7.15. The maximum atomic E-state index is 12.0. The molecule has 0 unspecified atom stereocenters. The smallest absolute Gasteiger partial charge is 0.247 e. The molecule has 0 radical (unpaired) electrons. The number of amides is 1. The molecule has 0 saturated heterocycles. The number of carbonyl (C=O) groups excluding carboxylic acids is 1. The van der Waals surface area contributed by atoms with Crippen LogP contribution in [0.5, 0.6) is 5.75 Å². The number of carbonyl (C=O) groups is 1. The van der Waals surface area contributed by atoms with Crippen LogP contribution in [0.4, 0.5) is 0 Å². The van der Waals surface area contributed by atoms with Crippen LogP contribution in [0.1, 0.15) is 11.4 Å². The van der Waals surface area contributed by atoms with Crippen LogP contribution in [0.2, 0.25) is 0 Å². The Kier molecular flexibility index (Phi) is 4.05. The molecule has 3 aromatic rings. The molecule has 2 N–H and O–H groups in total. The first-order chi connectivity index (χ1) is 11.1. The molecule has 0 atom stereocenters. The first-order valence-electron chi connectivity index (χ1n) is 7.15. The van der Waals surface area contributed by atoms with Gasteiger partial charge in [-0.3, -0.25) is 4.79 Å². The van der Waals surface area contributed by atoms with Crippen molar-refractivity contribution in [3.05, 3.63) is 59.9 Å². The number of hydrazone groups is 1. The number of para-hydroxylation sites is 2. The molecule has 0 fully saturated rings. The molecule has 23 heavy (non-hydrogen) atoms. The van der Waals surface area contributed by atoms with E-state index >= 15 is 0 Å². The van der Waals surface area contributed by atoms with Gasteiger partial charge in [-0.15, -0.1) is 0 Å². The highest BCUT2D eigenvalue weighted by Gasteiger charge is 2.10. The maximum absolute atomic E-state index is 12.0. The van der Waals surface area contributed by atoms with Gasteiger partial charge in [0.1, 0.15) is 11.6 Å². The topological polar surface area (TPSA) is 79.5 Å². The Balaban J connectivity index is 1.64. The number of fused-ring (bicyclic) bond motifs is 1. The monoisotopic (exact) mass is 308 g/mol. The second-order valence-corrected chi connectivity index (χ2v) is 5.14. The second-order valence-electron chi connectivity index (χ2n) is 5.14. The number of aryl methyl sites for hydroxylation is 1. The predicted octanol–water partition coefficient (Wildman–Crippen LogP) is 1.97. The second kappa shape index (κ2) is 6.31. The standard InChI is InChI=1S/C17H16N4O2/c1-21-15-5-3-2-4-14(15)19-16(21)10-17(23)20-18-11-12-6-8-13(22)9-7-12/h2-9,11,22H,10H2,1H3,(H,20,23)/b18-11+. The van der Waals surface area contributed by atoms with Crippen molar-refractivity contribution in [2.75, 3.05) is 0 Å². The number of nitrogens with one attached hydrogen (secondary N) is 1. The fourth-order valence-corrected chi connectivity index (χ4v) is 2.28. The average molecular weight is 308 g/mol. The van der Waals surface area contributed by atoms with Gasteiger partial charge in [0.2, 0.25) is 5.91 Å². The van der Waals surface area contributed by atoms with Crippen molar-refractivity contribution in [1.82, 2.24) is 15.0 Å². The van der Waals surface area contributed by atoms with Crippen molar-refractivity contribution in [3.8, 4) is 5.75 Å². The number of benzene rings is 2. The molecule has 6 heteroatoms. The minimum atomic E-state index is -0.238. The Hall–Kier alpha value is -3.15. The highest BCUT2D eigenvalue weighted by Crippen LogP contribution is 2.14. The van der Waals surface area contributed by atoms with E-state index in [1.165, 1.54) is 6.21 Å². The zero-order valence-corrected chi connectivity index (χ0v) is 12.6. The van der Waals surface area contributed by atoms with E-state index in [9.17, 15) is 9.90 Å². The van der Waals surface area contributed by atoms with E-state index in [1.807, 2.05) is 35.9 Å². The van der Waals surface area contributed by atoms with Crippen LogP contribution >= 0.6 is 0 Å². The Morgan fingerprint density at radius 2 is 2.00 bits per heavy atom. The fraction of sp³-hybridized carbons (Fsp3) is 0.118. The summed E-state index contributed by atoms with van der Waals surface area (Å²) >= 11 is 0. The van der Waals surface area contributed by atoms with Crippen LogP contribution < -0.4 is 5.43 Å². The van der Waals surface area contributed by atoms with Gasteiger partial charge in [-0.05, 0) is 42.0 Å². The third-order valence-electron chi connectivity index (χ3n) is 3.49. The Labute approximate surface area is 133 Å². The van der Waals surface area contributed by atoms with Crippen LogP contribution in [-0.2, 0) is 18.3 Å². The first kappa shape index (κ1) is 14.8. The number of aromatic hydroxyl groups is 1. The molecule has 0 bridgehead atoms. The van der Waals surface area contributed by atoms with Gasteiger partial charge < -0.3 is 9.67 Å². The van der Waals surface area contributed by atoms with Crippen LogP contribution in [-0.4, -0.2) is 26.8 Å². The molecule has 0 spiro atoms. The summed E-state index contributed by atoms with van der Waals surface area (Å²) in [6.07, 6.45) is 1.67. The normalized spacial score (nSPS) is 11.2. The molecule has 1 aromatic heterocycles. The van der Waals surface area contributed by atoms with Gasteiger partial charge in [-0.1, -0.05) is 12.1 Å². The van der Waals surface area contributed by atoms with Crippen molar-refractivity contribution in [3.63, 3.8) is 0 Å². The van der Waals surface area contributed by atoms with E-state index in [0.717, 1.165) is 16.6 Å². The Bertz CT molecular complexity index is 866. The van der Waals surface area contributed by atoms with Gasteiger partial charge in [-0.25, -0.2) is 10.4 Å². The molecule has 3 rings (SSSR count). The molecular formula is C17H16N4O2. The highest BCUT2D eigenvalue weighted by molar-refractivity contribution is 5.84. The minimum absolute atomic E-state index is 0.151. The number of aromatic nitrogens is 2.